The summed E-state index contributed by atoms with van der Waals surface area (Å²) in [4.78, 5) is 16.4. The maximum Gasteiger partial charge on any atom is 0.238 e. The smallest absolute Gasteiger partial charge is 0.238 e. The molecule has 0 unspecified atom stereocenters. The van der Waals surface area contributed by atoms with Crippen LogP contribution in [-0.4, -0.2) is 33.2 Å². The largest absolute Gasteiger partial charge is 0.456 e. The van der Waals surface area contributed by atoms with E-state index in [1.807, 2.05) is 48.5 Å². The molecule has 0 aliphatic carbocycles. The lowest BCUT2D eigenvalue weighted by atomic mass is 9.96. The molecule has 0 fully saturated rings. The van der Waals surface area contributed by atoms with Gasteiger partial charge in [-0.3, -0.25) is 4.57 Å². The van der Waals surface area contributed by atoms with Crippen LogP contribution in [-0.2, 0) is 0 Å². The van der Waals surface area contributed by atoms with Gasteiger partial charge >= 0.3 is 0 Å². The Hall–Kier alpha value is -13.1. The highest BCUT2D eigenvalue weighted by Crippen LogP contribution is 2.46. The van der Waals surface area contributed by atoms with Gasteiger partial charge in [-0.15, -0.1) is 0 Å². The maximum atomic E-state index is 6.34. The Morgan fingerprint density at radius 3 is 1.03 bits per heavy atom. The molecule has 0 aliphatic heterocycles. The molecule has 7 heterocycles. The maximum absolute atomic E-state index is 6.34. The second kappa shape index (κ2) is 20.2. The Morgan fingerprint density at radius 1 is 0.198 bits per heavy atom. The Balaban J connectivity index is 0.802. The van der Waals surface area contributed by atoms with E-state index in [2.05, 4.69) is 279 Å². The first kappa shape index (κ1) is 52.5. The van der Waals surface area contributed by atoms with Gasteiger partial charge in [-0.25, -0.2) is 4.98 Å². The molecular formula is C87H51N7O2. The standard InChI is InChI=1S/C87H51N7O2/c1-3-19-58(20-4-1)91-71-29-13-7-23-61(71)67-48-52(35-39-75(67)91)56-45-57(53-36-40-76-68(49-53)62-24-8-14-30-72(62)92(76)59-21-5-2-6-22-59)47-60(46-56)93-73-31-15-9-27-65(73)83-77(93)41-42-78-84(83)66-28-10-16-32-74(66)94(78)87-89-85(54-37-43-81-69(50-54)63-25-11-17-33-79(63)95-81)88-86(90-87)55-38-44-82-70(51-55)64-26-12-18-34-80(64)96-82/h1-51H. The molecule has 21 aromatic rings. The zero-order chi connectivity index (χ0) is 62.7. The lowest BCUT2D eigenvalue weighted by Gasteiger charge is -2.15. The molecule has 0 bridgehead atoms. The van der Waals surface area contributed by atoms with Crippen molar-refractivity contribution in [3.8, 4) is 68.0 Å². The van der Waals surface area contributed by atoms with E-state index in [1.54, 1.807) is 0 Å². The zero-order valence-electron chi connectivity index (χ0n) is 51.4. The monoisotopic (exact) mass is 1230 g/mol. The average Bonchev–Trinajstić information content (AvgIpc) is 1.55. The van der Waals surface area contributed by atoms with Crippen LogP contribution in [0.25, 0.3) is 199 Å². The van der Waals surface area contributed by atoms with E-state index in [0.29, 0.717) is 17.6 Å². The fourth-order valence-corrected chi connectivity index (χ4v) is 15.6. The number of hydrogen-bond donors (Lipinski definition) is 0. The summed E-state index contributed by atoms with van der Waals surface area (Å²) in [6.07, 6.45) is 0. The van der Waals surface area contributed by atoms with Crippen molar-refractivity contribution in [2.24, 2.45) is 0 Å². The molecule has 0 spiro atoms. The number of hydrogen-bond acceptors (Lipinski definition) is 5. The van der Waals surface area contributed by atoms with Gasteiger partial charge in [-0.2, -0.15) is 9.97 Å². The fraction of sp³-hybridized carbons (Fsp3) is 0. The summed E-state index contributed by atoms with van der Waals surface area (Å²) in [7, 11) is 0. The minimum atomic E-state index is 0.503. The van der Waals surface area contributed by atoms with Gasteiger partial charge in [0, 0.05) is 92.8 Å². The Bertz CT molecular complexity index is 6530. The second-order valence-electron chi connectivity index (χ2n) is 25.1. The average molecular weight is 1230 g/mol. The van der Waals surface area contributed by atoms with Gasteiger partial charge in [0.1, 0.15) is 22.3 Å². The van der Waals surface area contributed by atoms with Crippen LogP contribution in [0.4, 0.5) is 0 Å². The van der Waals surface area contributed by atoms with Crippen molar-refractivity contribution in [3.05, 3.63) is 309 Å². The third-order valence-corrected chi connectivity index (χ3v) is 19.8. The van der Waals surface area contributed by atoms with Crippen LogP contribution >= 0.6 is 0 Å². The number of para-hydroxylation sites is 8. The SMILES string of the molecule is c1ccc(-n2c3ccccc3c3cc(-c4cc(-c5ccc6c(c5)c5ccccc5n6-c5ccccc5)cc(-n5c6ccccc6c6c7c8ccccc8n(-c8nc(-c9ccc%10oc%11ccccc%11c%10c9)nc(-c9ccc%10oc%11ccccc%11c%10c9)n8)c7ccc65)c4)ccc32)cc1. The predicted octanol–water partition coefficient (Wildman–Crippen LogP) is 22.7. The summed E-state index contributed by atoms with van der Waals surface area (Å²) in [5, 5.41) is 13.3. The predicted molar refractivity (Wildman–Crippen MR) is 393 cm³/mol. The normalized spacial score (nSPS) is 12.2. The van der Waals surface area contributed by atoms with Crippen molar-refractivity contribution in [2.75, 3.05) is 0 Å². The summed E-state index contributed by atoms with van der Waals surface area (Å²) in [5.41, 5.74) is 21.5. The van der Waals surface area contributed by atoms with Crippen molar-refractivity contribution < 1.29 is 8.83 Å². The summed E-state index contributed by atoms with van der Waals surface area (Å²) >= 11 is 0. The molecule has 0 saturated carbocycles. The number of furan rings is 2. The van der Waals surface area contributed by atoms with Gasteiger partial charge in [0.25, 0.3) is 0 Å². The van der Waals surface area contributed by atoms with Crippen LogP contribution < -0.4 is 0 Å². The van der Waals surface area contributed by atoms with Gasteiger partial charge in [0.2, 0.25) is 5.95 Å². The second-order valence-corrected chi connectivity index (χ2v) is 25.1. The molecule has 9 heteroatoms. The Morgan fingerprint density at radius 2 is 0.542 bits per heavy atom. The van der Waals surface area contributed by atoms with Crippen LogP contribution in [0.15, 0.2) is 318 Å². The van der Waals surface area contributed by atoms with E-state index in [0.717, 1.165) is 149 Å². The van der Waals surface area contributed by atoms with Gasteiger partial charge in [0.05, 0.1) is 44.1 Å². The fourth-order valence-electron chi connectivity index (χ4n) is 15.6. The minimum Gasteiger partial charge on any atom is -0.456 e. The third-order valence-electron chi connectivity index (χ3n) is 19.8. The van der Waals surface area contributed by atoms with E-state index in [4.69, 9.17) is 23.8 Å². The van der Waals surface area contributed by atoms with Crippen molar-refractivity contribution in [1.29, 1.82) is 0 Å². The van der Waals surface area contributed by atoms with Crippen molar-refractivity contribution in [3.63, 3.8) is 0 Å². The molecule has 0 aliphatic rings. The molecule has 0 saturated heterocycles. The zero-order valence-corrected chi connectivity index (χ0v) is 51.4. The van der Waals surface area contributed by atoms with E-state index < -0.39 is 0 Å². The van der Waals surface area contributed by atoms with Crippen LogP contribution in [0.5, 0.6) is 0 Å². The molecule has 7 aromatic heterocycles. The van der Waals surface area contributed by atoms with Crippen LogP contribution in [0.2, 0.25) is 0 Å². The number of benzene rings is 14. The molecule has 14 aromatic carbocycles. The molecule has 446 valence electrons. The van der Waals surface area contributed by atoms with Crippen LogP contribution in [0.1, 0.15) is 0 Å². The summed E-state index contributed by atoms with van der Waals surface area (Å²) in [5.74, 6) is 1.59. The summed E-state index contributed by atoms with van der Waals surface area (Å²) in [6, 6.07) is 111. The number of nitrogens with zero attached hydrogens (tertiary/aromatic N) is 7. The van der Waals surface area contributed by atoms with E-state index in [9.17, 15) is 0 Å². The molecule has 9 nitrogen and oxygen atoms in total. The topological polar surface area (TPSA) is 84.7 Å². The molecule has 0 atom stereocenters. The number of aromatic nitrogens is 7. The van der Waals surface area contributed by atoms with Crippen LogP contribution in [0, 0.1) is 0 Å². The highest BCUT2D eigenvalue weighted by atomic mass is 16.3. The molecule has 0 N–H and O–H groups in total. The lowest BCUT2D eigenvalue weighted by Crippen LogP contribution is -2.06. The minimum absolute atomic E-state index is 0.503. The van der Waals surface area contributed by atoms with Gasteiger partial charge in [-0.05, 0) is 174 Å². The van der Waals surface area contributed by atoms with Crippen LogP contribution in [0.3, 0.4) is 0 Å². The first-order chi connectivity index (χ1) is 47.6. The molecular weight excluding hydrogens is 1180 g/mol. The number of fused-ring (bicyclic) bond motifs is 19. The van der Waals surface area contributed by atoms with Gasteiger partial charge < -0.3 is 22.5 Å². The third kappa shape index (κ3) is 7.76. The lowest BCUT2D eigenvalue weighted by molar-refractivity contribution is 0.668. The first-order valence-corrected chi connectivity index (χ1v) is 32.5. The van der Waals surface area contributed by atoms with E-state index in [-0.39, 0.29) is 0 Å². The highest BCUT2D eigenvalue weighted by Gasteiger charge is 2.25. The molecule has 96 heavy (non-hydrogen) atoms. The summed E-state index contributed by atoms with van der Waals surface area (Å²) < 4.78 is 22.2. The van der Waals surface area contributed by atoms with E-state index in [1.165, 1.54) is 32.6 Å². The van der Waals surface area contributed by atoms with Crippen molar-refractivity contribution in [1.82, 2.24) is 33.2 Å². The first-order valence-electron chi connectivity index (χ1n) is 32.5. The molecule has 0 amide bonds. The van der Waals surface area contributed by atoms with Gasteiger partial charge in [-0.1, -0.05) is 158 Å². The quantitative estimate of drug-likeness (QED) is 0.151. The summed E-state index contributed by atoms with van der Waals surface area (Å²) in [6.45, 7) is 0. The number of rotatable bonds is 8. The van der Waals surface area contributed by atoms with Crippen molar-refractivity contribution in [2.45, 2.75) is 0 Å². The highest BCUT2D eigenvalue weighted by molar-refractivity contribution is 6.29. The van der Waals surface area contributed by atoms with E-state index >= 15 is 0 Å². The van der Waals surface area contributed by atoms with Crippen molar-refractivity contribution >= 4 is 131 Å². The molecule has 21 rings (SSSR count). The Kier molecular flexibility index (Phi) is 11.0. The Labute approximate surface area is 547 Å². The van der Waals surface area contributed by atoms with Gasteiger partial charge in [0.15, 0.2) is 11.6 Å². The molecule has 0 radical (unpaired) electrons.